The Morgan fingerprint density at radius 2 is 1.83 bits per heavy atom. The largest absolute Gasteiger partial charge is 0.480 e. The zero-order valence-corrected chi connectivity index (χ0v) is 17.6. The molecule has 8 heteroatoms. The number of rotatable bonds is 6. The Morgan fingerprint density at radius 3 is 2.47 bits per heavy atom. The Labute approximate surface area is 181 Å². The second-order valence-corrected chi connectivity index (χ2v) is 7.48. The third-order valence-electron chi connectivity index (χ3n) is 4.94. The van der Waals surface area contributed by atoms with Crippen LogP contribution in [0.15, 0.2) is 48.5 Å². The Bertz CT molecular complexity index is 911. The smallest absolute Gasteiger partial charge is 0.326 e. The monoisotopic (exact) mass is 427 g/mol. The van der Waals surface area contributed by atoms with Crippen molar-refractivity contribution in [1.29, 1.82) is 0 Å². The maximum absolute atomic E-state index is 12.5. The molecule has 0 unspecified atom stereocenters. The molecule has 0 radical (unpaired) electrons. The summed E-state index contributed by atoms with van der Waals surface area (Å²) in [5, 5.41) is 15.8. The van der Waals surface area contributed by atoms with Crippen molar-refractivity contribution in [3.05, 3.63) is 65.2 Å². The topological polar surface area (TPSA) is 90.9 Å². The highest BCUT2D eigenvalue weighted by atomic mass is 32.1. The fourth-order valence-electron chi connectivity index (χ4n) is 3.21. The molecule has 2 aromatic carbocycles. The maximum atomic E-state index is 12.5. The van der Waals surface area contributed by atoms with E-state index in [1.54, 1.807) is 36.4 Å². The number of nitrogens with one attached hydrogen (secondary N) is 2. The predicted molar refractivity (Wildman–Crippen MR) is 118 cm³/mol. The molecule has 0 saturated carbocycles. The molecule has 1 heterocycles. The SMILES string of the molecule is Cc1ccccc1C(=O)N[C@@H](Cc1ccc(OC(=S)N2CCNCC2)cc1)C(=O)O. The highest BCUT2D eigenvalue weighted by Gasteiger charge is 2.22. The zero-order valence-electron chi connectivity index (χ0n) is 16.8. The molecule has 3 N–H and O–H groups in total. The first-order chi connectivity index (χ1) is 14.4. The summed E-state index contributed by atoms with van der Waals surface area (Å²) < 4.78 is 5.74. The van der Waals surface area contributed by atoms with Crippen molar-refractivity contribution in [2.24, 2.45) is 0 Å². The molecular weight excluding hydrogens is 402 g/mol. The van der Waals surface area contributed by atoms with Crippen LogP contribution in [0.3, 0.4) is 0 Å². The first-order valence-electron chi connectivity index (χ1n) is 9.80. The molecule has 0 spiro atoms. The summed E-state index contributed by atoms with van der Waals surface area (Å²) in [6.07, 6.45) is 0.162. The van der Waals surface area contributed by atoms with Gasteiger partial charge in [-0.2, -0.15) is 0 Å². The van der Waals surface area contributed by atoms with E-state index in [1.807, 2.05) is 24.0 Å². The van der Waals surface area contributed by atoms with Crippen LogP contribution < -0.4 is 15.4 Å². The maximum Gasteiger partial charge on any atom is 0.326 e. The lowest BCUT2D eigenvalue weighted by Gasteiger charge is -2.28. The fourth-order valence-corrected chi connectivity index (χ4v) is 3.48. The minimum Gasteiger partial charge on any atom is -0.480 e. The second kappa shape index (κ2) is 10.2. The van der Waals surface area contributed by atoms with E-state index >= 15 is 0 Å². The fraction of sp³-hybridized carbons (Fsp3) is 0.318. The van der Waals surface area contributed by atoms with E-state index in [1.165, 1.54) is 0 Å². The van der Waals surface area contributed by atoms with Crippen LogP contribution in [0.1, 0.15) is 21.5 Å². The number of carbonyl (C=O) groups excluding carboxylic acids is 1. The van der Waals surface area contributed by atoms with Crippen LogP contribution >= 0.6 is 12.2 Å². The summed E-state index contributed by atoms with van der Waals surface area (Å²) in [6.45, 7) is 5.16. The molecule has 7 nitrogen and oxygen atoms in total. The van der Waals surface area contributed by atoms with Crippen LogP contribution in [0, 0.1) is 6.92 Å². The zero-order chi connectivity index (χ0) is 21.5. The molecular formula is C22H25N3O4S. The Hall–Kier alpha value is -2.97. The number of nitrogens with zero attached hydrogens (tertiary/aromatic N) is 1. The third kappa shape index (κ3) is 5.77. The molecule has 0 aliphatic carbocycles. The second-order valence-electron chi connectivity index (χ2n) is 7.13. The number of aryl methyl sites for hydroxylation is 1. The third-order valence-corrected chi connectivity index (χ3v) is 5.28. The van der Waals surface area contributed by atoms with Gasteiger partial charge in [-0.1, -0.05) is 30.3 Å². The van der Waals surface area contributed by atoms with Crippen LogP contribution in [-0.4, -0.2) is 59.3 Å². The molecule has 1 fully saturated rings. The van der Waals surface area contributed by atoms with Gasteiger partial charge in [0.25, 0.3) is 11.1 Å². The molecule has 1 aliphatic rings. The average molecular weight is 428 g/mol. The predicted octanol–water partition coefficient (Wildman–Crippen LogP) is 1.99. The van der Waals surface area contributed by atoms with Gasteiger partial charge in [-0.05, 0) is 48.5 Å². The van der Waals surface area contributed by atoms with Gasteiger partial charge < -0.3 is 25.4 Å². The van der Waals surface area contributed by atoms with E-state index in [0.717, 1.165) is 37.3 Å². The first kappa shape index (κ1) is 21.7. The molecule has 0 bridgehead atoms. The number of carboxylic acid groups (broad SMARTS) is 1. The van der Waals surface area contributed by atoms with Crippen molar-refractivity contribution >= 4 is 29.3 Å². The van der Waals surface area contributed by atoms with Crippen LogP contribution in [-0.2, 0) is 11.2 Å². The molecule has 1 amide bonds. The number of carboxylic acids is 1. The standard InChI is InChI=1S/C22H25N3O4S/c1-15-4-2-3-5-18(15)20(26)24-19(21(27)28)14-16-6-8-17(9-7-16)29-22(30)25-12-10-23-11-13-25/h2-9,19,23H,10-14H2,1H3,(H,24,26)(H,27,28)/t19-/m0/s1. The number of aliphatic carboxylic acids is 1. The minimum absolute atomic E-state index is 0.162. The number of hydrogen-bond acceptors (Lipinski definition) is 5. The van der Waals surface area contributed by atoms with Crippen molar-refractivity contribution in [2.45, 2.75) is 19.4 Å². The number of hydrogen-bond donors (Lipinski definition) is 3. The molecule has 158 valence electrons. The van der Waals surface area contributed by atoms with Gasteiger partial charge in [0, 0.05) is 38.2 Å². The van der Waals surface area contributed by atoms with Crippen LogP contribution in [0.2, 0.25) is 0 Å². The van der Waals surface area contributed by atoms with Gasteiger partial charge in [0.1, 0.15) is 11.8 Å². The van der Waals surface area contributed by atoms with Gasteiger partial charge in [-0.15, -0.1) is 0 Å². The lowest BCUT2D eigenvalue weighted by atomic mass is 10.0. The van der Waals surface area contributed by atoms with Gasteiger partial charge in [0.05, 0.1) is 0 Å². The van der Waals surface area contributed by atoms with E-state index in [-0.39, 0.29) is 6.42 Å². The van der Waals surface area contributed by atoms with E-state index in [0.29, 0.717) is 16.5 Å². The molecule has 30 heavy (non-hydrogen) atoms. The number of carbonyl (C=O) groups is 2. The quantitative estimate of drug-likeness (QED) is 0.608. The number of benzene rings is 2. The van der Waals surface area contributed by atoms with Crippen molar-refractivity contribution in [2.75, 3.05) is 26.2 Å². The van der Waals surface area contributed by atoms with Crippen LogP contribution in [0.4, 0.5) is 0 Å². The van der Waals surface area contributed by atoms with E-state index in [9.17, 15) is 14.7 Å². The van der Waals surface area contributed by atoms with E-state index in [4.69, 9.17) is 17.0 Å². The van der Waals surface area contributed by atoms with Gasteiger partial charge in [0.15, 0.2) is 0 Å². The lowest BCUT2D eigenvalue weighted by Crippen LogP contribution is -2.47. The Kier molecular flexibility index (Phi) is 7.37. The van der Waals surface area contributed by atoms with Crippen LogP contribution in [0.5, 0.6) is 5.75 Å². The number of piperazine rings is 1. The highest BCUT2D eigenvalue weighted by Crippen LogP contribution is 2.16. The van der Waals surface area contributed by atoms with Gasteiger partial charge in [-0.3, -0.25) is 4.79 Å². The number of thiocarbonyl (C=S) groups is 1. The highest BCUT2D eigenvalue weighted by molar-refractivity contribution is 7.80. The number of amides is 1. The Balaban J connectivity index is 1.60. The summed E-state index contributed by atoms with van der Waals surface area (Å²) in [5.41, 5.74) is 2.03. The Morgan fingerprint density at radius 1 is 1.17 bits per heavy atom. The van der Waals surface area contributed by atoms with Gasteiger partial charge >= 0.3 is 5.97 Å². The van der Waals surface area contributed by atoms with Crippen molar-refractivity contribution in [3.63, 3.8) is 0 Å². The number of ether oxygens (including phenoxy) is 1. The van der Waals surface area contributed by atoms with Crippen molar-refractivity contribution < 1.29 is 19.4 Å². The van der Waals surface area contributed by atoms with E-state index < -0.39 is 17.9 Å². The minimum atomic E-state index is -1.09. The van der Waals surface area contributed by atoms with Crippen LogP contribution in [0.25, 0.3) is 0 Å². The lowest BCUT2D eigenvalue weighted by molar-refractivity contribution is -0.139. The van der Waals surface area contributed by atoms with Gasteiger partial charge in [-0.25, -0.2) is 4.79 Å². The van der Waals surface area contributed by atoms with Gasteiger partial charge in [0.2, 0.25) is 0 Å². The molecule has 1 atom stereocenters. The average Bonchev–Trinajstić information content (AvgIpc) is 2.75. The molecule has 0 aromatic heterocycles. The summed E-state index contributed by atoms with van der Waals surface area (Å²) in [4.78, 5) is 26.2. The van der Waals surface area contributed by atoms with E-state index in [2.05, 4.69) is 10.6 Å². The van der Waals surface area contributed by atoms with Crippen molar-refractivity contribution in [3.8, 4) is 5.75 Å². The molecule has 2 aromatic rings. The first-order valence-corrected chi connectivity index (χ1v) is 10.2. The normalized spacial score (nSPS) is 14.6. The summed E-state index contributed by atoms with van der Waals surface area (Å²) in [7, 11) is 0. The summed E-state index contributed by atoms with van der Waals surface area (Å²) in [5.74, 6) is -0.892. The van der Waals surface area contributed by atoms with Crippen molar-refractivity contribution in [1.82, 2.24) is 15.5 Å². The molecule has 1 saturated heterocycles. The molecule has 1 aliphatic heterocycles. The summed E-state index contributed by atoms with van der Waals surface area (Å²) >= 11 is 5.35. The molecule has 3 rings (SSSR count). The summed E-state index contributed by atoms with van der Waals surface area (Å²) in [6, 6.07) is 13.1.